The van der Waals surface area contributed by atoms with Crippen LogP contribution in [-0.4, -0.2) is 349 Å². The molecule has 6 amide bonds. The van der Waals surface area contributed by atoms with Crippen LogP contribution in [0.2, 0.25) is 0 Å². The number of nitrogens with zero attached hydrogens (tertiary/aromatic N) is 2. The van der Waals surface area contributed by atoms with E-state index in [9.17, 15) is 223 Å². The lowest BCUT2D eigenvalue weighted by Gasteiger charge is -2.52. The molecule has 3 fully saturated rings. The second-order valence-corrected chi connectivity index (χ2v) is 31.8. The molecule has 9 atom stereocenters. The summed E-state index contributed by atoms with van der Waals surface area (Å²) in [6.07, 6.45) is -21.0. The third-order valence-electron chi connectivity index (χ3n) is 21.7. The van der Waals surface area contributed by atoms with Gasteiger partial charge in [-0.3, -0.25) is 34.3 Å². The van der Waals surface area contributed by atoms with Crippen LogP contribution in [0.25, 0.3) is 0 Å². The molecular weight excluding hydrogens is 1810 g/mol. The number of rotatable bonds is 40. The number of nitrogens with one attached hydrogen (secondary N) is 4. The van der Waals surface area contributed by atoms with Gasteiger partial charge in [-0.1, -0.05) is 92.7 Å². The van der Waals surface area contributed by atoms with E-state index in [1.54, 1.807) is 17.4 Å². The zero-order valence-corrected chi connectivity index (χ0v) is 69.1. The van der Waals surface area contributed by atoms with Gasteiger partial charge in [-0.05, 0) is 80.0 Å². The Morgan fingerprint density at radius 2 is 1.04 bits per heavy atom. The van der Waals surface area contributed by atoms with Gasteiger partial charge in [0.1, 0.15) is 40.7 Å². The molecule has 0 saturated carbocycles. The molecule has 0 spiro atoms. The van der Waals surface area contributed by atoms with Gasteiger partial charge in [0.25, 0.3) is 17.4 Å². The fourth-order valence-electron chi connectivity index (χ4n) is 14.9. The first-order valence-corrected chi connectivity index (χ1v) is 38.7. The molecule has 9 rings (SSSR count). The number of Topliss-reactive ketones (excluding diaryl/α,β-unsaturated/α-hetero) is 2. The fourth-order valence-corrected chi connectivity index (χ4v) is 14.9. The molecule has 56 nitrogen and oxygen atoms in total. The zero-order chi connectivity index (χ0) is 100. The fraction of sp³-hybridized carbons (Fsp3) is 0.455. The molecule has 3 heterocycles. The van der Waals surface area contributed by atoms with E-state index >= 15 is 0 Å². The Bertz CT molecular complexity index is 5250. The second kappa shape index (κ2) is 37.4. The summed E-state index contributed by atoms with van der Waals surface area (Å²) in [6.45, 7) is 3.43. The molecular formula is C77H96N6O50. The Morgan fingerprint density at radius 3 is 1.53 bits per heavy atom. The lowest BCUT2D eigenvalue weighted by molar-refractivity contribution is -0.499. The highest BCUT2D eigenvalue weighted by molar-refractivity contribution is 5.94. The number of carbonyl (C=O) groups excluding carboxylic acids is 6. The Balaban J connectivity index is 1.11. The van der Waals surface area contributed by atoms with E-state index in [0.29, 0.717) is 16.7 Å². The van der Waals surface area contributed by atoms with Crippen molar-refractivity contribution in [1.82, 2.24) is 31.1 Å². The summed E-state index contributed by atoms with van der Waals surface area (Å²) in [6, 6.07) is 7.76. The number of amides is 6. The van der Waals surface area contributed by atoms with Crippen LogP contribution in [-0.2, 0) is 65.0 Å². The monoisotopic (exact) mass is 1900 g/mol. The van der Waals surface area contributed by atoms with Crippen LogP contribution in [0, 0.1) is 25.7 Å². The SMILES string of the molecule is Cc1cccc(C)c1OC(O)(O)C(=O)CC(Cc1ccccc1)C(O)CC(NC(=O)C(C(C)C)N1CCCNC1=O)C(O)(O)c1c(O)c(O)c(OOc2c(O)c(O)c(C(O)(O)O)c(OCC(=O)CC(O)(C(O)CC(Cc3ccccc3)NC(=O)C3(N4C(=O)NC(O)(O)C(O)(O)C4(O)O)OC3OC(C(O)(O)O)C(O)(O)O)C(O)(O)c3c(O)c(O)c(O)c(O)c3O)c2C(O)(O)O)c(O)c1O. The van der Waals surface area contributed by atoms with Gasteiger partial charge in [0.2, 0.25) is 75.9 Å². The number of epoxide rings is 1. The Hall–Kier alpha value is -12.0. The number of ether oxygens (including phenoxy) is 4. The summed E-state index contributed by atoms with van der Waals surface area (Å²) in [5.41, 5.74) is -17.2. The van der Waals surface area contributed by atoms with Gasteiger partial charge in [-0.25, -0.2) is 14.5 Å². The van der Waals surface area contributed by atoms with Crippen molar-refractivity contribution < 1.29 is 252 Å². The van der Waals surface area contributed by atoms with Crippen LogP contribution in [0.15, 0.2) is 78.9 Å². The molecule has 42 N–H and O–H groups in total. The van der Waals surface area contributed by atoms with Crippen LogP contribution in [0.4, 0.5) is 9.59 Å². The molecule has 9 unspecified atom stereocenters. The molecule has 0 radical (unpaired) electrons. The van der Waals surface area contributed by atoms with Crippen molar-refractivity contribution in [2.45, 2.75) is 186 Å². The number of aliphatic hydroxyl groups excluding tert-OH is 2. The number of benzene rings is 6. The van der Waals surface area contributed by atoms with Gasteiger partial charge in [-0.2, -0.15) is 0 Å². The van der Waals surface area contributed by atoms with Crippen molar-refractivity contribution in [1.29, 1.82) is 0 Å². The van der Waals surface area contributed by atoms with E-state index in [0.717, 1.165) is 22.3 Å². The first-order valence-electron chi connectivity index (χ1n) is 38.7. The standard InChI is InChI=1S/C77H96N6O50/c1-28(2)44(82-20-12-19-78-64(82)101)60(99)80-37(25-36(85)33(21-31-15-7-5-8-16-31)23-39(87)74(120,121)130-56-29(3)13-11-14-30(56)4)68(104,105)40-45(88)54(97)59(55(98)46(40)89)133-132-58-43(71(111,112)113)57(42(70(108,109)110)49(92)53(58)96)128-27-35(84)26-66(103,69(106,107)41-47(90)50(93)52(95)51(94)48(41)91)38(86)24-34(22-32-17-9-6-10-18-32)79-62(100)67(63(131-67)129-61(72(114,115)116)73(117,118)119)83-65(102)81-76(124,125)75(122,123)77(83,126)127/h5-11,13-18,28,33-34,36-38,44,61,63,85-86,88-98,103-127H,12,19-27H2,1-4H3,(H,78,101)(H,79,100)(H,80,99)(H,81,102). The summed E-state index contributed by atoms with van der Waals surface area (Å²) >= 11 is 0. The predicted molar refractivity (Wildman–Crippen MR) is 417 cm³/mol. The molecule has 0 bridgehead atoms. The van der Waals surface area contributed by atoms with Gasteiger partial charge < -0.3 is 234 Å². The Kier molecular flexibility index (Phi) is 29.5. The van der Waals surface area contributed by atoms with Gasteiger partial charge >= 0.3 is 59.5 Å². The van der Waals surface area contributed by atoms with Crippen LogP contribution in [0.1, 0.15) is 90.5 Å². The number of phenolic OH excluding ortho intramolecular Hbond substituents is 11. The third-order valence-corrected chi connectivity index (χ3v) is 21.7. The number of hydrogen-bond acceptors (Lipinski definition) is 50. The van der Waals surface area contributed by atoms with Gasteiger partial charge in [0.15, 0.2) is 45.9 Å². The zero-order valence-electron chi connectivity index (χ0n) is 69.1. The Morgan fingerprint density at radius 1 is 0.556 bits per heavy atom. The summed E-state index contributed by atoms with van der Waals surface area (Å²) in [5.74, 6) is -88.2. The van der Waals surface area contributed by atoms with Crippen molar-refractivity contribution in [2.75, 3.05) is 19.7 Å². The number of carbonyl (C=O) groups is 6. The van der Waals surface area contributed by atoms with E-state index in [-0.39, 0.29) is 30.8 Å². The number of aryl methyl sites for hydroxylation is 2. The number of phenols is 11. The van der Waals surface area contributed by atoms with E-state index in [1.807, 2.05) is 0 Å². The Labute approximate surface area is 742 Å². The molecule has 3 saturated heterocycles. The van der Waals surface area contributed by atoms with Crippen molar-refractivity contribution in [3.8, 4) is 86.2 Å². The number of ketones is 2. The minimum atomic E-state index is -5.16. The van der Waals surface area contributed by atoms with Crippen LogP contribution >= 0.6 is 0 Å². The van der Waals surface area contributed by atoms with Gasteiger partial charge in [-0.15, -0.1) is 0 Å². The average Bonchev–Trinajstić information content (AvgIpc) is 1.51. The first kappa shape index (κ1) is 105. The minimum absolute atomic E-state index is 0.110. The molecule has 0 aliphatic carbocycles. The van der Waals surface area contributed by atoms with Crippen molar-refractivity contribution in [3.63, 3.8) is 0 Å². The maximum absolute atomic E-state index is 15.0. The van der Waals surface area contributed by atoms with E-state index in [1.165, 1.54) is 82.3 Å². The van der Waals surface area contributed by atoms with Crippen molar-refractivity contribution >= 4 is 35.4 Å². The minimum Gasteiger partial charge on any atom is -0.504 e. The lowest BCUT2D eigenvalue weighted by atomic mass is 9.75. The topological polar surface area (TPSA) is 984 Å². The number of aliphatic hydroxyl groups is 27. The van der Waals surface area contributed by atoms with E-state index < -0.39 is 313 Å². The molecule has 3 aliphatic rings. The second-order valence-electron chi connectivity index (χ2n) is 31.8. The summed E-state index contributed by atoms with van der Waals surface area (Å²) < 4.78 is 20.2. The van der Waals surface area contributed by atoms with Crippen LogP contribution in [0.3, 0.4) is 0 Å². The number of urea groups is 2. The van der Waals surface area contributed by atoms with E-state index in [2.05, 4.69) is 10.6 Å². The average molecular weight is 1910 g/mol. The predicted octanol–water partition coefficient (Wildman–Crippen LogP) is -12.0. The maximum atomic E-state index is 15.0. The van der Waals surface area contributed by atoms with E-state index in [4.69, 9.17) is 28.7 Å². The molecule has 56 heteroatoms. The first-order chi connectivity index (χ1) is 60.9. The summed E-state index contributed by atoms with van der Waals surface area (Å²) in [5, 5.41) is 429. The largest absolute Gasteiger partial charge is 0.504 e. The van der Waals surface area contributed by atoms with Crippen LogP contribution < -0.4 is 40.5 Å². The lowest BCUT2D eigenvalue weighted by Crippen LogP contribution is -2.87. The van der Waals surface area contributed by atoms with Crippen molar-refractivity contribution in [2.24, 2.45) is 11.8 Å². The molecule has 6 aromatic rings. The number of para-hydroxylation sites is 1. The summed E-state index contributed by atoms with van der Waals surface area (Å²) in [4.78, 5) is 95.0. The highest BCUT2D eigenvalue weighted by Gasteiger charge is 2.83. The number of hydrogen-bond donors (Lipinski definition) is 42. The number of aromatic hydroxyl groups is 11. The normalized spacial score (nSPS) is 19.0. The maximum Gasteiger partial charge on any atom is 0.386 e. The molecule has 6 aromatic carbocycles. The third kappa shape index (κ3) is 20.4. The van der Waals surface area contributed by atoms with Gasteiger partial charge in [0, 0.05) is 32.0 Å². The van der Waals surface area contributed by atoms with Crippen LogP contribution in [0.5, 0.6) is 86.2 Å². The quantitative estimate of drug-likeness (QED) is 0.00424. The smallest absolute Gasteiger partial charge is 0.386 e. The molecule has 734 valence electrons. The highest BCUT2D eigenvalue weighted by atomic mass is 17.2. The van der Waals surface area contributed by atoms with Gasteiger partial charge in [0.05, 0.1) is 18.2 Å². The highest BCUT2D eigenvalue weighted by Crippen LogP contribution is 2.60. The van der Waals surface area contributed by atoms with Crippen molar-refractivity contribution in [3.05, 3.63) is 123 Å². The summed E-state index contributed by atoms with van der Waals surface area (Å²) in [7, 11) is 0. The molecule has 0 aromatic heterocycles. The molecule has 3 aliphatic heterocycles. The molecule has 133 heavy (non-hydrogen) atoms.